The average molecular weight is 404 g/mol. The normalized spacial score (nSPS) is 11.2. The summed E-state index contributed by atoms with van der Waals surface area (Å²) in [4.78, 5) is 20.0. The van der Waals surface area contributed by atoms with Gasteiger partial charge in [-0.05, 0) is 47.5 Å². The minimum Gasteiger partial charge on any atom is -0.333 e. The molecule has 4 rings (SSSR count). The van der Waals surface area contributed by atoms with Crippen molar-refractivity contribution in [2.24, 2.45) is 5.10 Å². The number of nitrogens with zero attached hydrogens (tertiary/aromatic N) is 2. The summed E-state index contributed by atoms with van der Waals surface area (Å²) in [5.74, 6) is 0.120. The van der Waals surface area contributed by atoms with Crippen LogP contribution in [0, 0.1) is 5.82 Å². The first-order valence-corrected chi connectivity index (χ1v) is 9.91. The predicted octanol–water partition coefficient (Wildman–Crippen LogP) is 4.76. The lowest BCUT2D eigenvalue weighted by Crippen LogP contribution is -2.17. The van der Waals surface area contributed by atoms with E-state index < -0.39 is 0 Å². The van der Waals surface area contributed by atoms with E-state index in [9.17, 15) is 9.18 Å². The number of carbonyl (C=O) groups is 1. The zero-order valence-corrected chi connectivity index (χ0v) is 16.1. The van der Waals surface area contributed by atoms with E-state index in [1.807, 2.05) is 36.4 Å². The molecule has 0 saturated heterocycles. The highest BCUT2D eigenvalue weighted by atomic mass is 32.2. The standard InChI is InChI=1S/C22H17FN4OS/c23-18-11-7-15(8-12-18)13-24-27-21(28)17-9-5-16(6-10-17)14-29-22-25-19-3-1-2-4-20(19)26-22/h1-13H,14H2,(H,25,26)(H,27,28). The number of aromatic nitrogens is 2. The molecule has 3 aromatic carbocycles. The van der Waals surface area contributed by atoms with Gasteiger partial charge in [0.15, 0.2) is 5.16 Å². The molecule has 7 heteroatoms. The Morgan fingerprint density at radius 2 is 1.83 bits per heavy atom. The number of aromatic amines is 1. The van der Waals surface area contributed by atoms with Crippen molar-refractivity contribution in [2.45, 2.75) is 10.9 Å². The fraction of sp³-hybridized carbons (Fsp3) is 0.0455. The van der Waals surface area contributed by atoms with Crippen molar-refractivity contribution < 1.29 is 9.18 Å². The molecule has 1 aromatic heterocycles. The second-order valence-corrected chi connectivity index (χ2v) is 7.26. The van der Waals surface area contributed by atoms with Gasteiger partial charge in [-0.25, -0.2) is 14.8 Å². The van der Waals surface area contributed by atoms with Gasteiger partial charge in [-0.2, -0.15) is 5.10 Å². The molecule has 2 N–H and O–H groups in total. The zero-order valence-electron chi connectivity index (χ0n) is 15.3. The number of imidazole rings is 1. The Morgan fingerprint density at radius 3 is 2.59 bits per heavy atom. The van der Waals surface area contributed by atoms with Gasteiger partial charge in [0.1, 0.15) is 5.82 Å². The lowest BCUT2D eigenvalue weighted by atomic mass is 10.1. The molecule has 0 spiro atoms. The van der Waals surface area contributed by atoms with Crippen LogP contribution in [-0.2, 0) is 5.75 Å². The van der Waals surface area contributed by atoms with Gasteiger partial charge in [0.25, 0.3) is 5.91 Å². The summed E-state index contributed by atoms with van der Waals surface area (Å²) in [5, 5.41) is 4.77. The number of hydrogen-bond donors (Lipinski definition) is 2. The van der Waals surface area contributed by atoms with E-state index in [-0.39, 0.29) is 11.7 Å². The van der Waals surface area contributed by atoms with E-state index in [2.05, 4.69) is 20.5 Å². The number of hydrazone groups is 1. The van der Waals surface area contributed by atoms with Crippen molar-refractivity contribution in [3.8, 4) is 0 Å². The van der Waals surface area contributed by atoms with E-state index in [4.69, 9.17) is 0 Å². The Kier molecular flexibility index (Phi) is 5.67. The molecular formula is C22H17FN4OS. The van der Waals surface area contributed by atoms with Crippen LogP contribution in [0.5, 0.6) is 0 Å². The number of nitrogens with one attached hydrogen (secondary N) is 2. The highest BCUT2D eigenvalue weighted by Gasteiger charge is 2.06. The fourth-order valence-corrected chi connectivity index (χ4v) is 3.52. The predicted molar refractivity (Wildman–Crippen MR) is 114 cm³/mol. The Bertz CT molecular complexity index is 1120. The van der Waals surface area contributed by atoms with Gasteiger partial charge in [-0.15, -0.1) is 0 Å². The number of fused-ring (bicyclic) bond motifs is 1. The van der Waals surface area contributed by atoms with Crippen molar-refractivity contribution in [3.63, 3.8) is 0 Å². The van der Waals surface area contributed by atoms with E-state index >= 15 is 0 Å². The topological polar surface area (TPSA) is 70.1 Å². The third-order valence-corrected chi connectivity index (χ3v) is 5.15. The van der Waals surface area contributed by atoms with Crippen molar-refractivity contribution >= 4 is 34.9 Å². The summed E-state index contributed by atoms with van der Waals surface area (Å²) < 4.78 is 12.9. The van der Waals surface area contributed by atoms with Crippen molar-refractivity contribution in [1.82, 2.24) is 15.4 Å². The molecule has 1 amide bonds. The van der Waals surface area contributed by atoms with E-state index in [0.29, 0.717) is 11.1 Å². The number of carbonyl (C=O) groups excluding carboxylic acids is 1. The molecule has 144 valence electrons. The summed E-state index contributed by atoms with van der Waals surface area (Å²) >= 11 is 1.61. The Morgan fingerprint density at radius 1 is 1.07 bits per heavy atom. The van der Waals surface area contributed by atoms with Gasteiger partial charge in [0.05, 0.1) is 17.2 Å². The molecule has 4 aromatic rings. The minimum atomic E-state index is -0.315. The summed E-state index contributed by atoms with van der Waals surface area (Å²) in [6.45, 7) is 0. The number of amides is 1. The first-order chi connectivity index (χ1) is 14.2. The summed E-state index contributed by atoms with van der Waals surface area (Å²) in [5.41, 5.74) is 6.73. The van der Waals surface area contributed by atoms with Crippen molar-refractivity contribution in [3.05, 3.63) is 95.3 Å². The molecule has 1 heterocycles. The molecule has 5 nitrogen and oxygen atoms in total. The second kappa shape index (κ2) is 8.70. The Hall–Kier alpha value is -3.45. The monoisotopic (exact) mass is 404 g/mol. The quantitative estimate of drug-likeness (QED) is 0.277. The molecular weight excluding hydrogens is 387 g/mol. The first-order valence-electron chi connectivity index (χ1n) is 8.93. The zero-order chi connectivity index (χ0) is 20.1. The number of halogens is 1. The number of benzene rings is 3. The fourth-order valence-electron chi connectivity index (χ4n) is 2.68. The van der Waals surface area contributed by atoms with Crippen LogP contribution in [0.25, 0.3) is 11.0 Å². The number of para-hydroxylation sites is 2. The van der Waals surface area contributed by atoms with Crippen LogP contribution < -0.4 is 5.43 Å². The summed E-state index contributed by atoms with van der Waals surface area (Å²) in [6.07, 6.45) is 1.47. The van der Waals surface area contributed by atoms with Crippen LogP contribution in [0.1, 0.15) is 21.5 Å². The maximum absolute atomic E-state index is 12.9. The molecule has 0 aliphatic heterocycles. The van der Waals surface area contributed by atoms with Gasteiger partial charge < -0.3 is 4.98 Å². The number of rotatable bonds is 6. The van der Waals surface area contributed by atoms with Crippen LogP contribution >= 0.6 is 11.8 Å². The Labute approximate surface area is 171 Å². The molecule has 0 atom stereocenters. The maximum atomic E-state index is 12.9. The van der Waals surface area contributed by atoms with Gasteiger partial charge in [-0.3, -0.25) is 4.79 Å². The van der Waals surface area contributed by atoms with E-state index in [1.165, 1.54) is 18.3 Å². The maximum Gasteiger partial charge on any atom is 0.271 e. The molecule has 0 aliphatic carbocycles. The van der Waals surface area contributed by atoms with Crippen LogP contribution in [0.4, 0.5) is 4.39 Å². The number of H-pyrrole nitrogens is 1. The SMILES string of the molecule is O=C(NN=Cc1ccc(F)cc1)c1ccc(CSc2nc3ccccc3[nH]2)cc1. The molecule has 0 aliphatic rings. The van der Waals surface area contributed by atoms with Gasteiger partial charge in [-0.1, -0.05) is 48.2 Å². The van der Waals surface area contributed by atoms with Crippen LogP contribution in [0.15, 0.2) is 83.1 Å². The summed E-state index contributed by atoms with van der Waals surface area (Å²) in [7, 11) is 0. The third kappa shape index (κ3) is 4.89. The van der Waals surface area contributed by atoms with Crippen molar-refractivity contribution in [2.75, 3.05) is 0 Å². The molecule has 0 saturated carbocycles. The van der Waals surface area contributed by atoms with Crippen LogP contribution in [0.3, 0.4) is 0 Å². The van der Waals surface area contributed by atoms with E-state index in [1.54, 1.807) is 36.0 Å². The third-order valence-electron chi connectivity index (χ3n) is 4.21. The van der Waals surface area contributed by atoms with E-state index in [0.717, 1.165) is 27.5 Å². The highest BCUT2D eigenvalue weighted by Crippen LogP contribution is 2.23. The van der Waals surface area contributed by atoms with Gasteiger partial charge >= 0.3 is 0 Å². The lowest BCUT2D eigenvalue weighted by molar-refractivity contribution is 0.0955. The average Bonchev–Trinajstić information content (AvgIpc) is 3.17. The molecule has 0 radical (unpaired) electrons. The van der Waals surface area contributed by atoms with Crippen LogP contribution in [-0.4, -0.2) is 22.1 Å². The number of hydrogen-bond acceptors (Lipinski definition) is 4. The Balaban J connectivity index is 1.32. The number of thioether (sulfide) groups is 1. The summed E-state index contributed by atoms with van der Waals surface area (Å²) in [6, 6.07) is 21.1. The largest absolute Gasteiger partial charge is 0.333 e. The minimum absolute atomic E-state index is 0.306. The first kappa shape index (κ1) is 18.9. The highest BCUT2D eigenvalue weighted by molar-refractivity contribution is 7.98. The smallest absolute Gasteiger partial charge is 0.271 e. The molecule has 0 fully saturated rings. The lowest BCUT2D eigenvalue weighted by Gasteiger charge is -2.03. The van der Waals surface area contributed by atoms with Crippen molar-refractivity contribution in [1.29, 1.82) is 0 Å². The molecule has 0 unspecified atom stereocenters. The van der Waals surface area contributed by atoms with Gasteiger partial charge in [0, 0.05) is 11.3 Å². The van der Waals surface area contributed by atoms with Gasteiger partial charge in [0.2, 0.25) is 0 Å². The molecule has 29 heavy (non-hydrogen) atoms. The molecule has 0 bridgehead atoms. The van der Waals surface area contributed by atoms with Crippen LogP contribution in [0.2, 0.25) is 0 Å². The second-order valence-electron chi connectivity index (χ2n) is 6.30.